The molecule has 0 atom stereocenters. The van der Waals surface area contributed by atoms with E-state index in [1.807, 2.05) is 13.0 Å². The summed E-state index contributed by atoms with van der Waals surface area (Å²) in [5.41, 5.74) is 0.455. The Labute approximate surface area is 167 Å². The molecule has 2 aromatic carbocycles. The maximum absolute atomic E-state index is 12.6. The highest BCUT2D eigenvalue weighted by molar-refractivity contribution is 6.30. The predicted molar refractivity (Wildman–Crippen MR) is 104 cm³/mol. The van der Waals surface area contributed by atoms with Gasteiger partial charge in [-0.25, -0.2) is 4.79 Å². The highest BCUT2D eigenvalue weighted by Gasteiger charge is 2.20. The fourth-order valence-corrected chi connectivity index (χ4v) is 2.58. The number of amides is 1. The summed E-state index contributed by atoms with van der Waals surface area (Å²) in [6.07, 6.45) is 0.116. The van der Waals surface area contributed by atoms with Gasteiger partial charge in [-0.3, -0.25) is 4.79 Å². The number of phenols is 1. The van der Waals surface area contributed by atoms with E-state index in [9.17, 15) is 14.7 Å². The minimum Gasteiger partial charge on any atom is -0.507 e. The van der Waals surface area contributed by atoms with Crippen LogP contribution in [0.1, 0.15) is 23.7 Å². The third-order valence-corrected chi connectivity index (χ3v) is 3.95. The van der Waals surface area contributed by atoms with E-state index < -0.39 is 18.5 Å². The minimum absolute atomic E-state index is 0.0955. The molecule has 0 aromatic heterocycles. The van der Waals surface area contributed by atoms with Crippen LogP contribution in [0.4, 0.5) is 5.69 Å². The van der Waals surface area contributed by atoms with Crippen molar-refractivity contribution in [2.75, 3.05) is 24.7 Å². The van der Waals surface area contributed by atoms with Crippen molar-refractivity contribution >= 4 is 29.2 Å². The standard InChI is InChI=1S/C20H19ClN2O5/c1-2-27-16-7-5-15(6-8-16)23(11-3-10-22)19(25)13-28-20(26)17-9-4-14(21)12-18(17)24/h4-9,12,24H,2-3,11,13H2,1H3. The lowest BCUT2D eigenvalue weighted by Crippen LogP contribution is -2.35. The third kappa shape index (κ3) is 5.63. The minimum atomic E-state index is -0.852. The van der Waals surface area contributed by atoms with Crippen LogP contribution in [0.15, 0.2) is 42.5 Å². The Kier molecular flexibility index (Phi) is 7.66. The lowest BCUT2D eigenvalue weighted by Gasteiger charge is -2.22. The number of carbonyl (C=O) groups excluding carboxylic acids is 2. The van der Waals surface area contributed by atoms with E-state index in [0.717, 1.165) is 0 Å². The van der Waals surface area contributed by atoms with Crippen LogP contribution >= 0.6 is 11.6 Å². The zero-order valence-electron chi connectivity index (χ0n) is 15.2. The maximum Gasteiger partial charge on any atom is 0.342 e. The predicted octanol–water partition coefficient (Wildman–Crippen LogP) is 3.55. The fourth-order valence-electron chi connectivity index (χ4n) is 2.41. The first-order valence-corrected chi connectivity index (χ1v) is 8.90. The SMILES string of the molecule is CCOc1ccc(N(CCC#N)C(=O)COC(=O)c2ccc(Cl)cc2O)cc1. The van der Waals surface area contributed by atoms with Gasteiger partial charge in [-0.1, -0.05) is 11.6 Å². The van der Waals surface area contributed by atoms with E-state index in [1.54, 1.807) is 24.3 Å². The van der Waals surface area contributed by atoms with Crippen molar-refractivity contribution in [2.24, 2.45) is 0 Å². The lowest BCUT2D eigenvalue weighted by molar-refractivity contribution is -0.121. The Morgan fingerprint density at radius 2 is 1.93 bits per heavy atom. The number of phenolic OH excluding ortho intramolecular Hbond substituents is 1. The first-order chi connectivity index (χ1) is 13.5. The topological polar surface area (TPSA) is 99.9 Å². The molecule has 0 radical (unpaired) electrons. The monoisotopic (exact) mass is 402 g/mol. The smallest absolute Gasteiger partial charge is 0.342 e. The molecule has 0 aliphatic carbocycles. The van der Waals surface area contributed by atoms with Gasteiger partial charge in [0.05, 0.1) is 19.1 Å². The van der Waals surface area contributed by atoms with Gasteiger partial charge in [0.2, 0.25) is 0 Å². The van der Waals surface area contributed by atoms with Crippen LogP contribution in [-0.4, -0.2) is 36.7 Å². The molecule has 28 heavy (non-hydrogen) atoms. The molecule has 0 bridgehead atoms. The van der Waals surface area contributed by atoms with Crippen molar-refractivity contribution in [3.8, 4) is 17.6 Å². The fraction of sp³-hybridized carbons (Fsp3) is 0.250. The van der Waals surface area contributed by atoms with E-state index >= 15 is 0 Å². The summed E-state index contributed by atoms with van der Waals surface area (Å²) in [6.45, 7) is 1.99. The second-order valence-electron chi connectivity index (χ2n) is 5.62. The van der Waals surface area contributed by atoms with Crippen molar-refractivity contribution in [1.82, 2.24) is 0 Å². The number of hydrogen-bond donors (Lipinski definition) is 1. The molecule has 0 unspecified atom stereocenters. The van der Waals surface area contributed by atoms with E-state index in [1.165, 1.54) is 23.1 Å². The van der Waals surface area contributed by atoms with Gasteiger partial charge in [0.25, 0.3) is 5.91 Å². The van der Waals surface area contributed by atoms with Crippen molar-refractivity contribution in [2.45, 2.75) is 13.3 Å². The molecule has 0 saturated carbocycles. The molecule has 1 amide bonds. The van der Waals surface area contributed by atoms with Gasteiger partial charge in [-0.2, -0.15) is 5.26 Å². The van der Waals surface area contributed by atoms with Gasteiger partial charge in [0.1, 0.15) is 17.1 Å². The normalized spacial score (nSPS) is 10.0. The van der Waals surface area contributed by atoms with Gasteiger partial charge in [0, 0.05) is 17.3 Å². The zero-order chi connectivity index (χ0) is 20.5. The number of ether oxygens (including phenoxy) is 2. The molecule has 8 heteroatoms. The third-order valence-electron chi connectivity index (χ3n) is 3.71. The molecule has 0 aliphatic heterocycles. The largest absolute Gasteiger partial charge is 0.507 e. The molecule has 2 aromatic rings. The molecular formula is C20H19ClN2O5. The van der Waals surface area contributed by atoms with E-state index in [-0.39, 0.29) is 29.3 Å². The highest BCUT2D eigenvalue weighted by Crippen LogP contribution is 2.23. The number of halogens is 1. The van der Waals surface area contributed by atoms with Crippen molar-refractivity contribution in [3.05, 3.63) is 53.1 Å². The quantitative estimate of drug-likeness (QED) is 0.678. The molecule has 2 rings (SSSR count). The van der Waals surface area contributed by atoms with E-state index in [0.29, 0.717) is 18.0 Å². The van der Waals surface area contributed by atoms with Crippen LogP contribution in [0.5, 0.6) is 11.5 Å². The summed E-state index contributed by atoms with van der Waals surface area (Å²) in [7, 11) is 0. The summed E-state index contributed by atoms with van der Waals surface area (Å²) < 4.78 is 10.4. The van der Waals surface area contributed by atoms with Crippen LogP contribution < -0.4 is 9.64 Å². The molecule has 0 saturated heterocycles. The summed E-state index contributed by atoms with van der Waals surface area (Å²) in [5, 5.41) is 18.9. The number of rotatable bonds is 8. The maximum atomic E-state index is 12.6. The molecule has 1 N–H and O–H groups in total. The molecule has 0 aliphatic rings. The van der Waals surface area contributed by atoms with Gasteiger partial charge in [0.15, 0.2) is 6.61 Å². The number of esters is 1. The van der Waals surface area contributed by atoms with Gasteiger partial charge in [-0.15, -0.1) is 0 Å². The second kappa shape index (κ2) is 10.2. The van der Waals surface area contributed by atoms with Crippen molar-refractivity contribution in [1.29, 1.82) is 5.26 Å². The summed E-state index contributed by atoms with van der Waals surface area (Å²) in [5.74, 6) is -1.03. The Balaban J connectivity index is 2.08. The van der Waals surface area contributed by atoms with Crippen LogP contribution in [-0.2, 0) is 9.53 Å². The van der Waals surface area contributed by atoms with Crippen LogP contribution in [0.3, 0.4) is 0 Å². The Hall–Kier alpha value is -3.24. The second-order valence-corrected chi connectivity index (χ2v) is 6.05. The summed E-state index contributed by atoms with van der Waals surface area (Å²) >= 11 is 5.73. The van der Waals surface area contributed by atoms with Crippen LogP contribution in [0.2, 0.25) is 5.02 Å². The number of carbonyl (C=O) groups is 2. The molecule has 0 fully saturated rings. The number of nitrogens with zero attached hydrogens (tertiary/aromatic N) is 2. The first-order valence-electron chi connectivity index (χ1n) is 8.52. The Morgan fingerprint density at radius 1 is 1.21 bits per heavy atom. The number of aromatic hydroxyl groups is 1. The van der Waals surface area contributed by atoms with E-state index in [2.05, 4.69) is 0 Å². The number of nitriles is 1. The van der Waals surface area contributed by atoms with Crippen LogP contribution in [0, 0.1) is 11.3 Å². The summed E-state index contributed by atoms with van der Waals surface area (Å²) in [4.78, 5) is 26.0. The highest BCUT2D eigenvalue weighted by atomic mass is 35.5. The van der Waals surface area contributed by atoms with Crippen molar-refractivity contribution in [3.63, 3.8) is 0 Å². The number of hydrogen-bond acceptors (Lipinski definition) is 6. The first kappa shape index (κ1) is 21.1. The average Bonchev–Trinajstić information content (AvgIpc) is 2.68. The van der Waals surface area contributed by atoms with Crippen LogP contribution in [0.25, 0.3) is 0 Å². The average molecular weight is 403 g/mol. The molecule has 0 spiro atoms. The Bertz CT molecular complexity index is 877. The molecule has 7 nitrogen and oxygen atoms in total. The van der Waals surface area contributed by atoms with Gasteiger partial charge < -0.3 is 19.5 Å². The number of anilines is 1. The van der Waals surface area contributed by atoms with Gasteiger partial charge in [-0.05, 0) is 49.4 Å². The molecular weight excluding hydrogens is 384 g/mol. The van der Waals surface area contributed by atoms with Crippen molar-refractivity contribution < 1.29 is 24.2 Å². The van der Waals surface area contributed by atoms with Gasteiger partial charge >= 0.3 is 5.97 Å². The zero-order valence-corrected chi connectivity index (χ0v) is 16.0. The summed E-state index contributed by atoms with van der Waals surface area (Å²) in [6, 6.07) is 12.7. The van der Waals surface area contributed by atoms with E-state index in [4.69, 9.17) is 26.3 Å². The number of benzene rings is 2. The lowest BCUT2D eigenvalue weighted by atomic mass is 10.2. The Morgan fingerprint density at radius 3 is 2.54 bits per heavy atom. The molecule has 146 valence electrons. The molecule has 0 heterocycles.